The van der Waals surface area contributed by atoms with Crippen LogP contribution in [0.2, 0.25) is 0 Å². The summed E-state index contributed by atoms with van der Waals surface area (Å²) in [5, 5.41) is 0. The fraction of sp³-hybridized carbons (Fsp3) is 0.222. The third kappa shape index (κ3) is 0.929. The normalized spacial score (nSPS) is 24.7. The van der Waals surface area contributed by atoms with Crippen molar-refractivity contribution in [3.8, 4) is 0 Å². The van der Waals surface area contributed by atoms with Gasteiger partial charge in [0.25, 0.3) is 0 Å². The molecule has 1 aliphatic carbocycles. The standard InChI is InChI=1S/C9H10N/c10-9-6-8(9)7-4-2-1-3-5-7/h1-5,9H,6,10H2/t9-/m1/s1. The van der Waals surface area contributed by atoms with Crippen molar-refractivity contribution in [1.29, 1.82) is 0 Å². The van der Waals surface area contributed by atoms with Gasteiger partial charge in [-0.2, -0.15) is 0 Å². The van der Waals surface area contributed by atoms with Crippen molar-refractivity contribution in [3.63, 3.8) is 0 Å². The third-order valence-electron chi connectivity index (χ3n) is 1.87. The lowest BCUT2D eigenvalue weighted by molar-refractivity contribution is 1.08. The zero-order valence-corrected chi connectivity index (χ0v) is 5.75. The Labute approximate surface area is 60.9 Å². The van der Waals surface area contributed by atoms with Gasteiger partial charge < -0.3 is 5.73 Å². The Bertz CT molecular complexity index is 217. The molecule has 0 unspecified atom stereocenters. The minimum absolute atomic E-state index is 0.349. The Morgan fingerprint density at radius 1 is 1.20 bits per heavy atom. The van der Waals surface area contributed by atoms with Crippen LogP contribution in [0, 0.1) is 5.92 Å². The van der Waals surface area contributed by atoms with Gasteiger partial charge in [0.05, 0.1) is 0 Å². The monoisotopic (exact) mass is 132 g/mol. The zero-order chi connectivity index (χ0) is 6.97. The summed E-state index contributed by atoms with van der Waals surface area (Å²) in [6, 6.07) is 10.7. The molecule has 1 aliphatic rings. The molecule has 0 saturated heterocycles. The summed E-state index contributed by atoms with van der Waals surface area (Å²) in [6.45, 7) is 0. The molecule has 1 radical (unpaired) electrons. The van der Waals surface area contributed by atoms with E-state index in [2.05, 4.69) is 12.1 Å². The molecule has 0 amide bonds. The number of hydrogen-bond donors (Lipinski definition) is 1. The molecular formula is C9H10N. The number of benzene rings is 1. The van der Waals surface area contributed by atoms with Crippen molar-refractivity contribution in [3.05, 3.63) is 41.8 Å². The van der Waals surface area contributed by atoms with Gasteiger partial charge in [0.15, 0.2) is 0 Å². The van der Waals surface area contributed by atoms with E-state index in [9.17, 15) is 0 Å². The van der Waals surface area contributed by atoms with Crippen molar-refractivity contribution < 1.29 is 0 Å². The predicted molar refractivity (Wildman–Crippen MR) is 41.4 cm³/mol. The highest BCUT2D eigenvalue weighted by molar-refractivity contribution is 5.42. The maximum absolute atomic E-state index is 5.66. The van der Waals surface area contributed by atoms with E-state index in [1.165, 1.54) is 11.5 Å². The first kappa shape index (κ1) is 5.93. The van der Waals surface area contributed by atoms with Crippen molar-refractivity contribution in [2.24, 2.45) is 5.73 Å². The van der Waals surface area contributed by atoms with Crippen LogP contribution >= 0.6 is 0 Å². The van der Waals surface area contributed by atoms with E-state index in [0.717, 1.165) is 6.42 Å². The maximum atomic E-state index is 5.66. The summed E-state index contributed by atoms with van der Waals surface area (Å²) in [5.41, 5.74) is 6.98. The highest BCUT2D eigenvalue weighted by atomic mass is 14.7. The van der Waals surface area contributed by atoms with Gasteiger partial charge in [-0.1, -0.05) is 30.3 Å². The van der Waals surface area contributed by atoms with Crippen molar-refractivity contribution in [1.82, 2.24) is 0 Å². The quantitative estimate of drug-likeness (QED) is 0.613. The fourth-order valence-electron chi connectivity index (χ4n) is 1.16. The van der Waals surface area contributed by atoms with Crippen LogP contribution in [-0.4, -0.2) is 6.04 Å². The van der Waals surface area contributed by atoms with Crippen LogP contribution in [0.15, 0.2) is 30.3 Å². The van der Waals surface area contributed by atoms with Gasteiger partial charge in [-0.25, -0.2) is 0 Å². The molecule has 1 nitrogen and oxygen atoms in total. The molecule has 2 N–H and O–H groups in total. The van der Waals surface area contributed by atoms with Crippen LogP contribution in [0.5, 0.6) is 0 Å². The zero-order valence-electron chi connectivity index (χ0n) is 5.75. The van der Waals surface area contributed by atoms with Crippen molar-refractivity contribution in [2.75, 3.05) is 0 Å². The smallest absolute Gasteiger partial charge is 0.0232 e. The van der Waals surface area contributed by atoms with Crippen LogP contribution in [0.3, 0.4) is 0 Å². The Morgan fingerprint density at radius 3 is 2.30 bits per heavy atom. The van der Waals surface area contributed by atoms with Crippen LogP contribution in [0.1, 0.15) is 12.0 Å². The first-order valence-electron chi connectivity index (χ1n) is 3.54. The van der Waals surface area contributed by atoms with Gasteiger partial charge in [-0.3, -0.25) is 0 Å². The third-order valence-corrected chi connectivity index (χ3v) is 1.87. The molecular weight excluding hydrogens is 122 g/mol. The molecule has 1 saturated carbocycles. The van der Waals surface area contributed by atoms with Crippen LogP contribution < -0.4 is 5.73 Å². The second-order valence-electron chi connectivity index (χ2n) is 2.70. The molecule has 0 heterocycles. The average molecular weight is 132 g/mol. The summed E-state index contributed by atoms with van der Waals surface area (Å²) in [7, 11) is 0. The summed E-state index contributed by atoms with van der Waals surface area (Å²) in [6.07, 6.45) is 1.09. The largest absolute Gasteiger partial charge is 0.327 e. The molecule has 51 valence electrons. The molecule has 2 rings (SSSR count). The molecule has 1 fully saturated rings. The fourth-order valence-corrected chi connectivity index (χ4v) is 1.16. The molecule has 0 bridgehead atoms. The summed E-state index contributed by atoms with van der Waals surface area (Å²) >= 11 is 0. The summed E-state index contributed by atoms with van der Waals surface area (Å²) in [5.74, 6) is 1.40. The summed E-state index contributed by atoms with van der Waals surface area (Å²) < 4.78 is 0. The molecule has 0 spiro atoms. The minimum Gasteiger partial charge on any atom is -0.327 e. The van der Waals surface area contributed by atoms with E-state index in [4.69, 9.17) is 5.73 Å². The molecule has 1 aromatic carbocycles. The minimum atomic E-state index is 0.349. The highest BCUT2D eigenvalue weighted by Gasteiger charge is 2.35. The Balaban J connectivity index is 2.20. The lowest BCUT2D eigenvalue weighted by Gasteiger charge is -1.93. The molecule has 10 heavy (non-hydrogen) atoms. The van der Waals surface area contributed by atoms with Gasteiger partial charge in [0.1, 0.15) is 0 Å². The lowest BCUT2D eigenvalue weighted by atomic mass is 10.1. The van der Waals surface area contributed by atoms with Crippen LogP contribution in [0.4, 0.5) is 0 Å². The van der Waals surface area contributed by atoms with E-state index in [1.807, 2.05) is 18.2 Å². The van der Waals surface area contributed by atoms with Crippen molar-refractivity contribution in [2.45, 2.75) is 12.5 Å². The second kappa shape index (κ2) is 2.10. The SMILES string of the molecule is N[C@@H]1C[C]1c1ccccc1. The van der Waals surface area contributed by atoms with Crippen LogP contribution in [0.25, 0.3) is 0 Å². The predicted octanol–water partition coefficient (Wildman–Crippen LogP) is 1.34. The molecule has 1 heteroatoms. The van der Waals surface area contributed by atoms with E-state index < -0.39 is 0 Å². The van der Waals surface area contributed by atoms with E-state index in [1.54, 1.807) is 0 Å². The van der Waals surface area contributed by atoms with Gasteiger partial charge in [0, 0.05) is 12.0 Å². The number of nitrogens with two attached hydrogens (primary N) is 1. The van der Waals surface area contributed by atoms with E-state index in [0.29, 0.717) is 6.04 Å². The summed E-state index contributed by atoms with van der Waals surface area (Å²) in [4.78, 5) is 0. The van der Waals surface area contributed by atoms with E-state index >= 15 is 0 Å². The molecule has 1 atom stereocenters. The average Bonchev–Trinajstić information content (AvgIpc) is 2.69. The van der Waals surface area contributed by atoms with Crippen LogP contribution in [-0.2, 0) is 0 Å². The highest BCUT2D eigenvalue weighted by Crippen LogP contribution is 2.37. The topological polar surface area (TPSA) is 26.0 Å². The Hall–Kier alpha value is -0.820. The molecule has 1 aromatic rings. The number of hydrogen-bond acceptors (Lipinski definition) is 1. The van der Waals surface area contributed by atoms with Gasteiger partial charge in [0.2, 0.25) is 0 Å². The first-order chi connectivity index (χ1) is 4.88. The molecule has 0 aliphatic heterocycles. The van der Waals surface area contributed by atoms with E-state index in [-0.39, 0.29) is 0 Å². The maximum Gasteiger partial charge on any atom is 0.0232 e. The second-order valence-corrected chi connectivity index (χ2v) is 2.70. The van der Waals surface area contributed by atoms with Gasteiger partial charge in [-0.05, 0) is 12.0 Å². The Morgan fingerprint density at radius 2 is 1.80 bits per heavy atom. The lowest BCUT2D eigenvalue weighted by Crippen LogP contribution is -2.00. The van der Waals surface area contributed by atoms with Gasteiger partial charge in [-0.15, -0.1) is 0 Å². The van der Waals surface area contributed by atoms with Crippen molar-refractivity contribution >= 4 is 0 Å². The van der Waals surface area contributed by atoms with Gasteiger partial charge >= 0.3 is 0 Å². The first-order valence-corrected chi connectivity index (χ1v) is 3.54. The Kier molecular flexibility index (Phi) is 1.24. The molecule has 0 aromatic heterocycles. The number of rotatable bonds is 1.